The first-order valence-electron chi connectivity index (χ1n) is 5.84. The van der Waals surface area contributed by atoms with Crippen LogP contribution in [0.2, 0.25) is 0 Å². The molecule has 2 amide bonds. The fraction of sp³-hybridized carbons (Fsp3) is 0.727. The van der Waals surface area contributed by atoms with Crippen LogP contribution in [0.3, 0.4) is 0 Å². The van der Waals surface area contributed by atoms with Crippen molar-refractivity contribution in [1.29, 1.82) is 0 Å². The minimum absolute atomic E-state index is 0.308. The Kier molecular flexibility index (Phi) is 4.52. The van der Waals surface area contributed by atoms with Crippen molar-refractivity contribution in [1.82, 2.24) is 9.80 Å². The molecule has 0 aromatic rings. The van der Waals surface area contributed by atoms with Gasteiger partial charge in [-0.1, -0.05) is 0 Å². The molecule has 1 aliphatic rings. The van der Waals surface area contributed by atoms with Gasteiger partial charge < -0.3 is 9.47 Å². The zero-order chi connectivity index (χ0) is 13.9. The van der Waals surface area contributed by atoms with Gasteiger partial charge in [-0.25, -0.2) is 4.79 Å². The first-order chi connectivity index (χ1) is 8.42. The maximum atomic E-state index is 12.0. The molecular weight excluding hydrogens is 240 g/mol. The Morgan fingerprint density at radius 3 is 1.56 bits per heavy atom. The summed E-state index contributed by atoms with van der Waals surface area (Å²) in [4.78, 5) is 36.9. The van der Waals surface area contributed by atoms with Crippen LogP contribution in [-0.4, -0.2) is 53.3 Å². The Morgan fingerprint density at radius 1 is 1.00 bits per heavy atom. The number of urea groups is 1. The van der Waals surface area contributed by atoms with E-state index in [0.29, 0.717) is 13.1 Å². The van der Waals surface area contributed by atoms with Crippen molar-refractivity contribution in [3.8, 4) is 0 Å². The third-order valence-corrected chi connectivity index (χ3v) is 2.60. The molecule has 0 bridgehead atoms. The fourth-order valence-electron chi connectivity index (χ4n) is 1.90. The topological polar surface area (TPSA) is 76.2 Å². The van der Waals surface area contributed by atoms with Crippen molar-refractivity contribution in [2.75, 3.05) is 13.1 Å². The molecule has 2 atom stereocenters. The van der Waals surface area contributed by atoms with Gasteiger partial charge in [-0.2, -0.15) is 0 Å². The van der Waals surface area contributed by atoms with Gasteiger partial charge in [0, 0.05) is 26.9 Å². The van der Waals surface area contributed by atoms with Crippen LogP contribution in [0.15, 0.2) is 0 Å². The molecule has 1 heterocycles. The number of hydrogen-bond acceptors (Lipinski definition) is 5. The van der Waals surface area contributed by atoms with E-state index in [-0.39, 0.29) is 6.03 Å². The lowest BCUT2D eigenvalue weighted by Gasteiger charge is -2.25. The molecule has 0 spiro atoms. The maximum absolute atomic E-state index is 12.0. The Balaban J connectivity index is 3.00. The molecule has 0 unspecified atom stereocenters. The number of esters is 2. The van der Waals surface area contributed by atoms with E-state index in [1.165, 1.54) is 23.6 Å². The molecule has 18 heavy (non-hydrogen) atoms. The molecular formula is C11H18N2O5. The molecule has 1 rings (SSSR count). The monoisotopic (exact) mass is 258 g/mol. The van der Waals surface area contributed by atoms with Crippen LogP contribution >= 0.6 is 0 Å². The number of carbonyl (C=O) groups excluding carboxylic acids is 3. The average Bonchev–Trinajstić information content (AvgIpc) is 2.49. The first-order valence-corrected chi connectivity index (χ1v) is 5.84. The highest BCUT2D eigenvalue weighted by Gasteiger charge is 2.48. The molecule has 7 nitrogen and oxygen atoms in total. The van der Waals surface area contributed by atoms with E-state index >= 15 is 0 Å². The number of nitrogens with zero attached hydrogens (tertiary/aromatic N) is 2. The van der Waals surface area contributed by atoms with Gasteiger partial charge in [-0.05, 0) is 13.8 Å². The van der Waals surface area contributed by atoms with Gasteiger partial charge in [0.05, 0.1) is 0 Å². The third-order valence-electron chi connectivity index (χ3n) is 2.60. The van der Waals surface area contributed by atoms with Crippen molar-refractivity contribution in [3.05, 3.63) is 0 Å². The summed E-state index contributed by atoms with van der Waals surface area (Å²) in [5, 5.41) is 0. The van der Waals surface area contributed by atoms with Crippen molar-refractivity contribution in [2.45, 2.75) is 40.2 Å². The molecule has 0 aromatic carbocycles. The smallest absolute Gasteiger partial charge is 0.326 e. The largest absolute Gasteiger partial charge is 0.435 e. The minimum atomic E-state index is -0.885. The molecule has 0 saturated carbocycles. The Bertz CT molecular complexity index is 325. The summed E-state index contributed by atoms with van der Waals surface area (Å²) in [6.07, 6.45) is -1.77. The Labute approximate surface area is 106 Å². The van der Waals surface area contributed by atoms with Crippen LogP contribution < -0.4 is 0 Å². The molecule has 0 radical (unpaired) electrons. The van der Waals surface area contributed by atoms with E-state index in [9.17, 15) is 14.4 Å². The van der Waals surface area contributed by atoms with Crippen molar-refractivity contribution in [3.63, 3.8) is 0 Å². The van der Waals surface area contributed by atoms with Crippen LogP contribution in [0.25, 0.3) is 0 Å². The van der Waals surface area contributed by atoms with Crippen LogP contribution in [0.1, 0.15) is 27.7 Å². The first kappa shape index (κ1) is 14.3. The van der Waals surface area contributed by atoms with Gasteiger partial charge in [0.1, 0.15) is 0 Å². The second kappa shape index (κ2) is 5.70. The summed E-state index contributed by atoms with van der Waals surface area (Å²) < 4.78 is 10.2. The van der Waals surface area contributed by atoms with E-state index in [1.807, 2.05) is 0 Å². The lowest BCUT2D eigenvalue weighted by molar-refractivity contribution is -0.179. The highest BCUT2D eigenvalue weighted by Crippen LogP contribution is 2.24. The van der Waals surface area contributed by atoms with Crippen LogP contribution in [0.5, 0.6) is 0 Å². The molecule has 0 N–H and O–H groups in total. The summed E-state index contributed by atoms with van der Waals surface area (Å²) in [5.41, 5.74) is 0. The zero-order valence-corrected chi connectivity index (χ0v) is 11.0. The number of rotatable bonds is 4. The van der Waals surface area contributed by atoms with E-state index in [2.05, 4.69) is 0 Å². The van der Waals surface area contributed by atoms with Gasteiger partial charge in [0.25, 0.3) is 0 Å². The van der Waals surface area contributed by atoms with Crippen LogP contribution in [0, 0.1) is 0 Å². The van der Waals surface area contributed by atoms with E-state index in [1.54, 1.807) is 13.8 Å². The second-order valence-electron chi connectivity index (χ2n) is 3.85. The predicted octanol–water partition coefficient (Wildman–Crippen LogP) is 0.542. The Morgan fingerprint density at radius 2 is 1.33 bits per heavy atom. The van der Waals surface area contributed by atoms with Crippen LogP contribution in [-0.2, 0) is 19.1 Å². The maximum Gasteiger partial charge on any atom is 0.326 e. The standard InChI is InChI=1S/C11H18N2O5/c1-5-12-9(17-7(3)14)10(18-8(4)15)13(6-2)11(12)16/h9-10H,5-6H2,1-4H3/t9-,10-/m1/s1. The quantitative estimate of drug-likeness (QED) is 0.688. The van der Waals surface area contributed by atoms with Gasteiger partial charge in [0.2, 0.25) is 12.5 Å². The second-order valence-corrected chi connectivity index (χ2v) is 3.85. The van der Waals surface area contributed by atoms with Gasteiger partial charge in [-0.3, -0.25) is 19.4 Å². The SMILES string of the molecule is CCN1C(=O)N(CC)[C@H](OC(C)=O)[C@H]1OC(C)=O. The number of hydrogen-bond donors (Lipinski definition) is 0. The number of carbonyl (C=O) groups is 3. The summed E-state index contributed by atoms with van der Waals surface area (Å²) in [7, 11) is 0. The van der Waals surface area contributed by atoms with Crippen molar-refractivity contribution >= 4 is 18.0 Å². The molecule has 1 fully saturated rings. The summed E-state index contributed by atoms with van der Waals surface area (Å²) >= 11 is 0. The zero-order valence-electron chi connectivity index (χ0n) is 11.0. The predicted molar refractivity (Wildman–Crippen MR) is 61.3 cm³/mol. The number of ether oxygens (including phenoxy) is 2. The molecule has 0 aromatic heterocycles. The lowest BCUT2D eigenvalue weighted by Crippen LogP contribution is -2.43. The van der Waals surface area contributed by atoms with Crippen molar-refractivity contribution < 1.29 is 23.9 Å². The van der Waals surface area contributed by atoms with E-state index in [0.717, 1.165) is 0 Å². The van der Waals surface area contributed by atoms with Gasteiger partial charge >= 0.3 is 18.0 Å². The highest BCUT2D eigenvalue weighted by molar-refractivity contribution is 5.79. The van der Waals surface area contributed by atoms with Crippen molar-refractivity contribution in [2.24, 2.45) is 0 Å². The minimum Gasteiger partial charge on any atom is -0.435 e. The van der Waals surface area contributed by atoms with Crippen LogP contribution in [0.4, 0.5) is 4.79 Å². The summed E-state index contributed by atoms with van der Waals surface area (Å²) in [5.74, 6) is -1.05. The molecule has 1 saturated heterocycles. The van der Waals surface area contributed by atoms with Gasteiger partial charge in [-0.15, -0.1) is 0 Å². The highest BCUT2D eigenvalue weighted by atomic mass is 16.6. The Hall–Kier alpha value is -1.79. The van der Waals surface area contributed by atoms with E-state index < -0.39 is 24.4 Å². The fourth-order valence-corrected chi connectivity index (χ4v) is 1.90. The summed E-state index contributed by atoms with van der Waals surface area (Å²) in [6.45, 7) is 6.75. The number of likely N-dealkylation sites (N-methyl/N-ethyl adjacent to an activating group) is 2. The molecule has 0 aliphatic carbocycles. The molecule has 7 heteroatoms. The average molecular weight is 258 g/mol. The van der Waals surface area contributed by atoms with E-state index in [4.69, 9.17) is 9.47 Å². The summed E-state index contributed by atoms with van der Waals surface area (Å²) in [6, 6.07) is -0.308. The third kappa shape index (κ3) is 2.72. The van der Waals surface area contributed by atoms with Gasteiger partial charge in [0.15, 0.2) is 0 Å². The molecule has 1 aliphatic heterocycles. The normalized spacial score (nSPS) is 23.2. The molecule has 102 valence electrons. The lowest BCUT2D eigenvalue weighted by atomic mass is 10.4. The number of amides is 2.